The Morgan fingerprint density at radius 1 is 1.14 bits per heavy atom. The predicted octanol–water partition coefficient (Wildman–Crippen LogP) is 5.89. The van der Waals surface area contributed by atoms with Crippen molar-refractivity contribution in [2.75, 3.05) is 19.8 Å². The summed E-state index contributed by atoms with van der Waals surface area (Å²) in [5.74, 6) is 0.609. The molecule has 3 aromatic heterocycles. The molecule has 6 rings (SSSR count). The van der Waals surface area contributed by atoms with E-state index in [1.807, 2.05) is 36.8 Å². The van der Waals surface area contributed by atoms with Gasteiger partial charge in [0.1, 0.15) is 17.5 Å². The number of aromatic amines is 1. The molecule has 1 aromatic carbocycles. The highest BCUT2D eigenvalue weighted by Gasteiger charge is 2.34. The molecule has 1 saturated heterocycles. The van der Waals surface area contributed by atoms with Crippen molar-refractivity contribution in [1.29, 1.82) is 5.26 Å². The zero-order valence-electron chi connectivity index (χ0n) is 20.0. The van der Waals surface area contributed by atoms with Crippen LogP contribution in [-0.2, 0) is 4.74 Å². The van der Waals surface area contributed by atoms with Crippen LogP contribution in [0.5, 0.6) is 5.75 Å². The third-order valence-corrected chi connectivity index (χ3v) is 7.30. The van der Waals surface area contributed by atoms with Crippen molar-refractivity contribution in [3.05, 3.63) is 54.6 Å². The van der Waals surface area contributed by atoms with Crippen LogP contribution in [-0.4, -0.2) is 39.6 Å². The lowest BCUT2D eigenvalue weighted by atomic mass is 9.90. The fraction of sp³-hybridized carbons (Fsp3) is 0.393. The lowest BCUT2D eigenvalue weighted by Gasteiger charge is -2.37. The van der Waals surface area contributed by atoms with Crippen molar-refractivity contribution in [2.45, 2.75) is 45.1 Å². The van der Waals surface area contributed by atoms with Crippen LogP contribution in [0.2, 0.25) is 0 Å². The molecule has 0 amide bonds. The molecular formula is C28H29N5O2. The van der Waals surface area contributed by atoms with Gasteiger partial charge in [0.25, 0.3) is 0 Å². The normalized spacial score (nSPS) is 17.7. The highest BCUT2D eigenvalue weighted by molar-refractivity contribution is 5.96. The minimum absolute atomic E-state index is 0.0229. The maximum absolute atomic E-state index is 9.77. The standard InChI is InChI=1S/C28H29N5O2/c1-28(16-34-17-28)18-35-26-8-7-19(9-20(26)11-29)25-14-31-27-24(25)10-21(12-30-27)22-13-32-33(15-22)23-5-3-2-4-6-23/h7-10,12-15,23H,2-6,16-18H2,1H3,(H,30,31). The van der Waals surface area contributed by atoms with Gasteiger partial charge in [-0.05, 0) is 36.6 Å². The van der Waals surface area contributed by atoms with E-state index < -0.39 is 0 Å². The van der Waals surface area contributed by atoms with E-state index in [2.05, 4.69) is 45.0 Å². The summed E-state index contributed by atoms with van der Waals surface area (Å²) in [6.07, 6.45) is 14.2. The maximum Gasteiger partial charge on any atom is 0.137 e. The van der Waals surface area contributed by atoms with Crippen LogP contribution < -0.4 is 4.74 Å². The number of aromatic nitrogens is 4. The fourth-order valence-electron chi connectivity index (χ4n) is 5.13. The average Bonchev–Trinajstić information content (AvgIpc) is 3.54. The Balaban J connectivity index is 1.29. The molecule has 178 valence electrons. The predicted molar refractivity (Wildman–Crippen MR) is 134 cm³/mol. The molecule has 0 radical (unpaired) electrons. The maximum atomic E-state index is 9.77. The molecule has 35 heavy (non-hydrogen) atoms. The number of nitriles is 1. The monoisotopic (exact) mass is 467 g/mol. The van der Waals surface area contributed by atoms with Crippen LogP contribution in [0.4, 0.5) is 0 Å². The SMILES string of the molecule is CC1(COc2ccc(-c3c[nH]c4ncc(-c5cnn(C6CCCCC6)c5)cc34)cc2C#N)COC1. The lowest BCUT2D eigenvalue weighted by molar-refractivity contribution is -0.120. The van der Waals surface area contributed by atoms with Crippen molar-refractivity contribution in [3.63, 3.8) is 0 Å². The van der Waals surface area contributed by atoms with E-state index in [-0.39, 0.29) is 5.41 Å². The summed E-state index contributed by atoms with van der Waals surface area (Å²) in [6, 6.07) is 10.7. The van der Waals surface area contributed by atoms with Crippen molar-refractivity contribution >= 4 is 11.0 Å². The van der Waals surface area contributed by atoms with Gasteiger partial charge in [-0.2, -0.15) is 10.4 Å². The molecule has 1 saturated carbocycles. The average molecular weight is 468 g/mol. The third-order valence-electron chi connectivity index (χ3n) is 7.30. The quantitative estimate of drug-likeness (QED) is 0.382. The molecule has 1 aliphatic heterocycles. The summed E-state index contributed by atoms with van der Waals surface area (Å²) in [6.45, 7) is 4.05. The second-order valence-corrected chi connectivity index (χ2v) is 10.2. The van der Waals surface area contributed by atoms with Crippen molar-refractivity contribution < 1.29 is 9.47 Å². The summed E-state index contributed by atoms with van der Waals surface area (Å²) in [5, 5.41) is 15.5. The first-order chi connectivity index (χ1) is 17.1. The van der Waals surface area contributed by atoms with Gasteiger partial charge in [-0.3, -0.25) is 4.68 Å². The number of hydrogen-bond acceptors (Lipinski definition) is 5. The highest BCUT2D eigenvalue weighted by atomic mass is 16.5. The molecular weight excluding hydrogens is 438 g/mol. The van der Waals surface area contributed by atoms with Crippen molar-refractivity contribution in [1.82, 2.24) is 19.7 Å². The number of H-pyrrole nitrogens is 1. The summed E-state index contributed by atoms with van der Waals surface area (Å²) in [5.41, 5.74) is 5.45. The van der Waals surface area contributed by atoms with E-state index in [0.29, 0.717) is 37.2 Å². The third kappa shape index (κ3) is 4.19. The van der Waals surface area contributed by atoms with Gasteiger partial charge in [0.15, 0.2) is 0 Å². The van der Waals surface area contributed by atoms with E-state index in [1.165, 1.54) is 32.1 Å². The molecule has 4 aromatic rings. The van der Waals surface area contributed by atoms with Gasteiger partial charge in [0, 0.05) is 46.1 Å². The molecule has 0 unspecified atom stereocenters. The van der Waals surface area contributed by atoms with Gasteiger partial charge in [-0.25, -0.2) is 4.98 Å². The van der Waals surface area contributed by atoms with E-state index in [1.54, 1.807) is 0 Å². The van der Waals surface area contributed by atoms with E-state index in [4.69, 9.17) is 9.47 Å². The van der Waals surface area contributed by atoms with Crippen LogP contribution in [0.3, 0.4) is 0 Å². The number of hydrogen-bond donors (Lipinski definition) is 1. The first-order valence-corrected chi connectivity index (χ1v) is 12.4. The van der Waals surface area contributed by atoms with Gasteiger partial charge < -0.3 is 14.5 Å². The smallest absolute Gasteiger partial charge is 0.137 e. The van der Waals surface area contributed by atoms with Crippen LogP contribution in [0.25, 0.3) is 33.3 Å². The molecule has 7 nitrogen and oxygen atoms in total. The summed E-state index contributed by atoms with van der Waals surface area (Å²) in [7, 11) is 0. The molecule has 4 heterocycles. The molecule has 2 fully saturated rings. The summed E-state index contributed by atoms with van der Waals surface area (Å²) < 4.78 is 13.4. The molecule has 0 atom stereocenters. The highest BCUT2D eigenvalue weighted by Crippen LogP contribution is 2.35. The van der Waals surface area contributed by atoms with Crippen LogP contribution in [0, 0.1) is 16.7 Å². The first-order valence-electron chi connectivity index (χ1n) is 12.4. The van der Waals surface area contributed by atoms with Crippen LogP contribution in [0.15, 0.2) is 49.1 Å². The largest absolute Gasteiger partial charge is 0.491 e. The minimum Gasteiger partial charge on any atom is -0.491 e. The Morgan fingerprint density at radius 3 is 2.77 bits per heavy atom. The van der Waals surface area contributed by atoms with E-state index in [0.717, 1.165) is 33.3 Å². The first kappa shape index (κ1) is 21.9. The number of nitrogens with zero attached hydrogens (tertiary/aromatic N) is 4. The number of ether oxygens (including phenoxy) is 2. The number of benzene rings is 1. The summed E-state index contributed by atoms with van der Waals surface area (Å²) in [4.78, 5) is 7.94. The molecule has 1 N–H and O–H groups in total. The van der Waals surface area contributed by atoms with Crippen LogP contribution >= 0.6 is 0 Å². The molecule has 1 aliphatic carbocycles. The van der Waals surface area contributed by atoms with Crippen molar-refractivity contribution in [3.8, 4) is 34.1 Å². The Labute approximate surface area is 204 Å². The van der Waals surface area contributed by atoms with Crippen molar-refractivity contribution in [2.24, 2.45) is 5.41 Å². The van der Waals surface area contributed by atoms with Gasteiger partial charge in [-0.1, -0.05) is 32.3 Å². The molecule has 0 bridgehead atoms. The second-order valence-electron chi connectivity index (χ2n) is 10.2. The lowest BCUT2D eigenvalue weighted by Crippen LogP contribution is -2.44. The zero-order chi connectivity index (χ0) is 23.8. The number of pyridine rings is 1. The van der Waals surface area contributed by atoms with E-state index in [9.17, 15) is 5.26 Å². The summed E-state index contributed by atoms with van der Waals surface area (Å²) >= 11 is 0. The Morgan fingerprint density at radius 2 is 2.00 bits per heavy atom. The second kappa shape index (κ2) is 8.86. The van der Waals surface area contributed by atoms with Gasteiger partial charge >= 0.3 is 0 Å². The fourth-order valence-corrected chi connectivity index (χ4v) is 5.13. The minimum atomic E-state index is 0.0229. The topological polar surface area (TPSA) is 88.8 Å². The number of fused-ring (bicyclic) bond motifs is 1. The number of rotatable bonds is 6. The van der Waals surface area contributed by atoms with Gasteiger partial charge in [0.2, 0.25) is 0 Å². The van der Waals surface area contributed by atoms with Gasteiger partial charge in [-0.15, -0.1) is 0 Å². The molecule has 2 aliphatic rings. The molecule has 7 heteroatoms. The van der Waals surface area contributed by atoms with Gasteiger partial charge in [0.05, 0.1) is 37.6 Å². The number of nitrogens with one attached hydrogen (secondary N) is 1. The van der Waals surface area contributed by atoms with E-state index >= 15 is 0 Å². The zero-order valence-corrected chi connectivity index (χ0v) is 20.0. The molecule has 0 spiro atoms. The Hall–Kier alpha value is -3.63. The Bertz CT molecular complexity index is 1400. The Kier molecular flexibility index (Phi) is 5.54. The van der Waals surface area contributed by atoms with Crippen LogP contribution in [0.1, 0.15) is 50.6 Å².